The lowest BCUT2D eigenvalue weighted by Crippen LogP contribution is -2.46. The van der Waals surface area contributed by atoms with Crippen molar-refractivity contribution in [2.24, 2.45) is 0 Å². The maximum atomic E-state index is 13.2. The van der Waals surface area contributed by atoms with E-state index >= 15 is 0 Å². The molecule has 0 aromatic heterocycles. The van der Waals surface area contributed by atoms with Crippen LogP contribution in [0.2, 0.25) is 0 Å². The van der Waals surface area contributed by atoms with Gasteiger partial charge >= 0.3 is 6.03 Å². The third-order valence-corrected chi connectivity index (χ3v) is 5.09. The van der Waals surface area contributed by atoms with Crippen molar-refractivity contribution in [1.29, 1.82) is 5.26 Å². The van der Waals surface area contributed by atoms with Crippen LogP contribution in [-0.4, -0.2) is 17.5 Å². The van der Waals surface area contributed by atoms with Crippen molar-refractivity contribution in [2.45, 2.75) is 39.2 Å². The number of rotatable bonds is 4. The predicted octanol–water partition coefficient (Wildman–Crippen LogP) is 4.26. The molecule has 5 heteroatoms. The van der Waals surface area contributed by atoms with Crippen LogP contribution in [0.3, 0.4) is 0 Å². The van der Waals surface area contributed by atoms with E-state index in [1.165, 1.54) is 9.80 Å². The number of hydrogen-bond acceptors (Lipinski definition) is 3. The standard InChI is InChI=1S/C21H21N3O2/c1-4-15-6-10-17(11-7-15)23-19(25)21(3,5-2)24(20(23)26)18-12-8-16(14-22)9-13-18/h6-13H,4-5H2,1-3H3. The minimum Gasteiger partial charge on any atom is -0.279 e. The first kappa shape index (κ1) is 17.7. The number of carbonyl (C=O) groups is 2. The zero-order valence-electron chi connectivity index (χ0n) is 15.2. The third-order valence-electron chi connectivity index (χ3n) is 5.09. The van der Waals surface area contributed by atoms with Crippen LogP contribution in [0.15, 0.2) is 48.5 Å². The molecule has 3 amide bonds. The lowest BCUT2D eigenvalue weighted by molar-refractivity contribution is -0.121. The van der Waals surface area contributed by atoms with Gasteiger partial charge in [0.15, 0.2) is 0 Å². The summed E-state index contributed by atoms with van der Waals surface area (Å²) in [5.74, 6) is -0.237. The molecule has 0 spiro atoms. The van der Waals surface area contributed by atoms with Crippen LogP contribution in [0.4, 0.5) is 16.2 Å². The summed E-state index contributed by atoms with van der Waals surface area (Å²) in [5.41, 5.74) is 1.88. The van der Waals surface area contributed by atoms with Crippen LogP contribution in [0, 0.1) is 11.3 Å². The Morgan fingerprint density at radius 1 is 0.962 bits per heavy atom. The van der Waals surface area contributed by atoms with Crippen LogP contribution in [0.5, 0.6) is 0 Å². The topological polar surface area (TPSA) is 64.4 Å². The second-order valence-corrected chi connectivity index (χ2v) is 6.56. The molecule has 0 saturated carbocycles. The maximum absolute atomic E-state index is 13.2. The molecule has 132 valence electrons. The molecule has 3 rings (SSSR count). The molecule has 5 nitrogen and oxygen atoms in total. The Morgan fingerprint density at radius 3 is 2.04 bits per heavy atom. The first-order chi connectivity index (χ1) is 12.5. The van der Waals surface area contributed by atoms with E-state index in [0.29, 0.717) is 23.4 Å². The normalized spacial score (nSPS) is 19.8. The smallest absolute Gasteiger partial charge is 0.279 e. The summed E-state index contributed by atoms with van der Waals surface area (Å²) in [6.45, 7) is 5.74. The van der Waals surface area contributed by atoms with E-state index < -0.39 is 5.54 Å². The molecule has 1 atom stereocenters. The second kappa shape index (κ2) is 6.64. The molecule has 1 unspecified atom stereocenters. The molecule has 1 heterocycles. The molecular formula is C21H21N3O2. The number of amides is 3. The van der Waals surface area contributed by atoms with Crippen molar-refractivity contribution in [2.75, 3.05) is 9.80 Å². The highest BCUT2D eigenvalue weighted by atomic mass is 16.2. The first-order valence-electron chi connectivity index (χ1n) is 8.74. The molecule has 0 aliphatic carbocycles. The van der Waals surface area contributed by atoms with Crippen LogP contribution in [0.25, 0.3) is 0 Å². The van der Waals surface area contributed by atoms with E-state index in [2.05, 4.69) is 13.0 Å². The Kier molecular flexibility index (Phi) is 4.52. The minimum atomic E-state index is -0.964. The summed E-state index contributed by atoms with van der Waals surface area (Å²) in [4.78, 5) is 29.1. The highest BCUT2D eigenvalue weighted by Gasteiger charge is 2.54. The number of hydrogen-bond donors (Lipinski definition) is 0. The molecule has 2 aromatic rings. The molecule has 1 aliphatic rings. The van der Waals surface area contributed by atoms with Gasteiger partial charge in [-0.3, -0.25) is 9.69 Å². The summed E-state index contributed by atoms with van der Waals surface area (Å²) >= 11 is 0. The van der Waals surface area contributed by atoms with E-state index in [4.69, 9.17) is 5.26 Å². The molecule has 26 heavy (non-hydrogen) atoms. The van der Waals surface area contributed by atoms with Gasteiger partial charge < -0.3 is 0 Å². The van der Waals surface area contributed by atoms with E-state index in [-0.39, 0.29) is 11.9 Å². The molecular weight excluding hydrogens is 326 g/mol. The van der Waals surface area contributed by atoms with Crippen molar-refractivity contribution in [3.8, 4) is 6.07 Å². The van der Waals surface area contributed by atoms with Crippen molar-refractivity contribution in [1.82, 2.24) is 0 Å². The fraction of sp³-hybridized carbons (Fsp3) is 0.286. The Hall–Kier alpha value is -3.13. The number of imide groups is 1. The van der Waals surface area contributed by atoms with Gasteiger partial charge in [-0.05, 0) is 61.7 Å². The van der Waals surface area contributed by atoms with Gasteiger partial charge in [0.2, 0.25) is 0 Å². The van der Waals surface area contributed by atoms with E-state index in [9.17, 15) is 9.59 Å². The lowest BCUT2D eigenvalue weighted by atomic mass is 9.96. The van der Waals surface area contributed by atoms with E-state index in [0.717, 1.165) is 12.0 Å². The van der Waals surface area contributed by atoms with Gasteiger partial charge in [0.05, 0.1) is 17.3 Å². The SMILES string of the molecule is CCc1ccc(N2C(=O)N(c3ccc(C#N)cc3)C(C)(CC)C2=O)cc1. The first-order valence-corrected chi connectivity index (χ1v) is 8.74. The Labute approximate surface area is 153 Å². The Bertz CT molecular complexity index is 881. The second-order valence-electron chi connectivity index (χ2n) is 6.56. The van der Waals surface area contributed by atoms with Crippen molar-refractivity contribution >= 4 is 23.3 Å². The van der Waals surface area contributed by atoms with Gasteiger partial charge in [-0.1, -0.05) is 26.0 Å². The molecule has 0 radical (unpaired) electrons. The fourth-order valence-electron chi connectivity index (χ4n) is 3.23. The van der Waals surface area contributed by atoms with Gasteiger partial charge in [0.1, 0.15) is 5.54 Å². The van der Waals surface area contributed by atoms with Crippen LogP contribution < -0.4 is 9.80 Å². The molecule has 1 saturated heterocycles. The van der Waals surface area contributed by atoms with Crippen LogP contribution >= 0.6 is 0 Å². The number of urea groups is 1. The maximum Gasteiger partial charge on any atom is 0.336 e. The average molecular weight is 347 g/mol. The third kappa shape index (κ3) is 2.64. The summed E-state index contributed by atoms with van der Waals surface area (Å²) in [5, 5.41) is 8.98. The van der Waals surface area contributed by atoms with E-state index in [1.807, 2.05) is 31.2 Å². The zero-order valence-corrected chi connectivity index (χ0v) is 15.2. The van der Waals surface area contributed by atoms with Gasteiger partial charge in [-0.25, -0.2) is 9.69 Å². The van der Waals surface area contributed by atoms with E-state index in [1.54, 1.807) is 31.2 Å². The van der Waals surface area contributed by atoms with Gasteiger partial charge in [0, 0.05) is 5.69 Å². The molecule has 0 bridgehead atoms. The molecule has 2 aromatic carbocycles. The number of nitrogens with zero attached hydrogens (tertiary/aromatic N) is 3. The summed E-state index contributed by atoms with van der Waals surface area (Å²) in [7, 11) is 0. The van der Waals surface area contributed by atoms with Crippen LogP contribution in [0.1, 0.15) is 38.3 Å². The highest BCUT2D eigenvalue weighted by Crippen LogP contribution is 2.38. The van der Waals surface area contributed by atoms with Crippen molar-refractivity contribution in [3.05, 3.63) is 59.7 Å². The summed E-state index contributed by atoms with van der Waals surface area (Å²) in [6, 6.07) is 15.9. The minimum absolute atomic E-state index is 0.237. The summed E-state index contributed by atoms with van der Waals surface area (Å²) in [6.07, 6.45) is 1.38. The number of carbonyl (C=O) groups excluding carboxylic acids is 2. The number of benzene rings is 2. The molecule has 1 aliphatic heterocycles. The summed E-state index contributed by atoms with van der Waals surface area (Å²) < 4.78 is 0. The number of aryl methyl sites for hydroxylation is 1. The highest BCUT2D eigenvalue weighted by molar-refractivity contribution is 6.30. The fourth-order valence-corrected chi connectivity index (χ4v) is 3.23. The Morgan fingerprint density at radius 2 is 1.54 bits per heavy atom. The van der Waals surface area contributed by atoms with Crippen molar-refractivity contribution in [3.63, 3.8) is 0 Å². The Balaban J connectivity index is 2.05. The average Bonchev–Trinajstić information content (AvgIpc) is 2.88. The van der Waals surface area contributed by atoms with Crippen molar-refractivity contribution < 1.29 is 9.59 Å². The quantitative estimate of drug-likeness (QED) is 0.776. The molecule has 1 fully saturated rings. The predicted molar refractivity (Wildman–Crippen MR) is 101 cm³/mol. The van der Waals surface area contributed by atoms with Gasteiger partial charge in [0.25, 0.3) is 5.91 Å². The monoisotopic (exact) mass is 347 g/mol. The largest absolute Gasteiger partial charge is 0.336 e. The number of nitriles is 1. The zero-order chi connectivity index (χ0) is 18.9. The number of anilines is 2. The lowest BCUT2D eigenvalue weighted by Gasteiger charge is -2.30. The van der Waals surface area contributed by atoms with Gasteiger partial charge in [-0.15, -0.1) is 0 Å². The van der Waals surface area contributed by atoms with Gasteiger partial charge in [-0.2, -0.15) is 5.26 Å². The molecule has 0 N–H and O–H groups in total. The van der Waals surface area contributed by atoms with Crippen LogP contribution in [-0.2, 0) is 11.2 Å².